The molecule has 0 unspecified atom stereocenters. The first-order chi connectivity index (χ1) is 20.6. The molecule has 0 radical (unpaired) electrons. The van der Waals surface area contributed by atoms with Gasteiger partial charge in [0.05, 0.1) is 34.1 Å². The number of nitrogens with zero attached hydrogens (tertiary/aromatic N) is 2. The van der Waals surface area contributed by atoms with E-state index in [0.717, 1.165) is 6.07 Å². The molecule has 222 valence electrons. The number of aryl methyl sites for hydroxylation is 1. The van der Waals surface area contributed by atoms with Crippen LogP contribution in [0.5, 0.6) is 11.5 Å². The average molecular weight is 608 g/mol. The van der Waals surface area contributed by atoms with E-state index in [4.69, 9.17) is 15.2 Å². The number of benzene rings is 3. The number of hydrogen-bond donors (Lipinski definition) is 3. The molecule has 0 bridgehead atoms. The third-order valence-corrected chi connectivity index (χ3v) is 9.18. The summed E-state index contributed by atoms with van der Waals surface area (Å²) < 4.78 is 69.2. The number of aromatic amines is 1. The van der Waals surface area contributed by atoms with Crippen molar-refractivity contribution in [3.63, 3.8) is 0 Å². The first kappa shape index (κ1) is 28.4. The minimum Gasteiger partial charge on any atom is -0.454 e. The van der Waals surface area contributed by atoms with E-state index in [0.29, 0.717) is 54.0 Å². The van der Waals surface area contributed by atoms with E-state index < -0.39 is 32.7 Å². The maximum absolute atomic E-state index is 14.9. The number of nitrogen functional groups attached to an aromatic ring is 1. The summed E-state index contributed by atoms with van der Waals surface area (Å²) in [7, 11) is -3.84. The molecule has 3 heterocycles. The fourth-order valence-electron chi connectivity index (χ4n) is 4.99. The molecule has 2 aromatic heterocycles. The van der Waals surface area contributed by atoms with Gasteiger partial charge in [0.2, 0.25) is 15.8 Å². The fourth-order valence-corrected chi connectivity index (χ4v) is 6.43. The van der Waals surface area contributed by atoms with Gasteiger partial charge in [0.25, 0.3) is 0 Å². The highest BCUT2D eigenvalue weighted by atomic mass is 32.2. The van der Waals surface area contributed by atoms with Crippen molar-refractivity contribution in [2.45, 2.75) is 25.0 Å². The van der Waals surface area contributed by atoms with Crippen LogP contribution in [-0.4, -0.2) is 47.4 Å². The van der Waals surface area contributed by atoms with Gasteiger partial charge in [0, 0.05) is 24.1 Å². The molecule has 1 aliphatic heterocycles. The molecule has 4 N–H and O–H groups in total. The fraction of sp³-hybridized carbons (Fsp3) is 0.200. The van der Waals surface area contributed by atoms with E-state index in [2.05, 4.69) is 14.8 Å². The number of rotatable bonds is 8. The van der Waals surface area contributed by atoms with Crippen LogP contribution >= 0.6 is 0 Å². The average Bonchev–Trinajstić information content (AvgIpc) is 3.58. The van der Waals surface area contributed by atoms with Gasteiger partial charge < -0.3 is 20.2 Å². The summed E-state index contributed by atoms with van der Waals surface area (Å²) in [5.74, 6) is -1.14. The Kier molecular flexibility index (Phi) is 7.36. The Morgan fingerprint density at radius 2 is 1.84 bits per heavy atom. The van der Waals surface area contributed by atoms with E-state index in [-0.39, 0.29) is 28.5 Å². The Morgan fingerprint density at radius 3 is 2.58 bits per heavy atom. The van der Waals surface area contributed by atoms with Crippen LogP contribution in [0.1, 0.15) is 34.5 Å². The van der Waals surface area contributed by atoms with Crippen LogP contribution in [0.25, 0.3) is 16.6 Å². The normalized spacial score (nSPS) is 14.2. The van der Waals surface area contributed by atoms with Crippen LogP contribution in [-0.2, 0) is 14.8 Å². The number of nitrogens with two attached hydrogens (primary N) is 1. The number of fused-ring (bicyclic) bond motifs is 1. The minimum absolute atomic E-state index is 0.0712. The van der Waals surface area contributed by atoms with E-state index >= 15 is 0 Å². The lowest BCUT2D eigenvalue weighted by Gasteiger charge is -2.22. The van der Waals surface area contributed by atoms with Crippen molar-refractivity contribution in [3.05, 3.63) is 95.3 Å². The summed E-state index contributed by atoms with van der Waals surface area (Å²) in [6.07, 6.45) is 1.97. The molecule has 1 aliphatic rings. The Bertz CT molecular complexity index is 1970. The van der Waals surface area contributed by atoms with Gasteiger partial charge in [-0.3, -0.25) is 9.52 Å². The van der Waals surface area contributed by atoms with Crippen LogP contribution in [0.2, 0.25) is 0 Å². The molecular weight excluding hydrogens is 580 g/mol. The van der Waals surface area contributed by atoms with Gasteiger partial charge in [-0.15, -0.1) is 0 Å². The summed E-state index contributed by atoms with van der Waals surface area (Å²) in [5, 5.41) is 3.97. The number of ether oxygens (including phenoxy) is 2. The molecule has 43 heavy (non-hydrogen) atoms. The summed E-state index contributed by atoms with van der Waals surface area (Å²) >= 11 is 0. The number of carbonyl (C=O) groups is 1. The molecule has 6 rings (SSSR count). The molecule has 0 saturated carbocycles. The molecule has 0 amide bonds. The number of anilines is 2. The van der Waals surface area contributed by atoms with Crippen molar-refractivity contribution in [2.75, 3.05) is 23.7 Å². The smallest absolute Gasteiger partial charge is 0.235 e. The number of hydrogen-bond acceptors (Lipinski definition) is 7. The van der Waals surface area contributed by atoms with E-state index in [1.165, 1.54) is 35.1 Å². The maximum atomic E-state index is 14.9. The molecule has 1 fully saturated rings. The van der Waals surface area contributed by atoms with Crippen LogP contribution < -0.4 is 15.2 Å². The van der Waals surface area contributed by atoms with Gasteiger partial charge in [-0.05, 0) is 73.9 Å². The second-order valence-corrected chi connectivity index (χ2v) is 12.2. The van der Waals surface area contributed by atoms with Crippen molar-refractivity contribution in [3.8, 4) is 17.2 Å². The number of nitrogens with one attached hydrogen (secondary N) is 2. The quantitative estimate of drug-likeness (QED) is 0.199. The molecule has 1 saturated heterocycles. The number of carbonyl (C=O) groups excluding carboxylic acids is 1. The van der Waals surface area contributed by atoms with E-state index in [1.807, 2.05) is 0 Å². The lowest BCUT2D eigenvalue weighted by molar-refractivity contribution is 0.0984. The number of H-pyrrole nitrogens is 1. The zero-order valence-corrected chi connectivity index (χ0v) is 23.8. The molecule has 0 spiro atoms. The third-order valence-electron chi connectivity index (χ3n) is 7.32. The maximum Gasteiger partial charge on any atom is 0.235 e. The Morgan fingerprint density at radius 1 is 1.07 bits per heavy atom. The molecule has 3 aromatic carbocycles. The van der Waals surface area contributed by atoms with Gasteiger partial charge in [-0.25, -0.2) is 21.9 Å². The van der Waals surface area contributed by atoms with E-state index in [1.54, 1.807) is 37.3 Å². The lowest BCUT2D eigenvalue weighted by Crippen LogP contribution is -2.33. The van der Waals surface area contributed by atoms with Crippen LogP contribution in [0.3, 0.4) is 0 Å². The standard InChI is InChI=1S/C30H27F2N5O5S/c1-17-12-19(6-7-27(17)42-28-5-3-2-4-22(28)31)37-30(33)21(16-34-37)29(38)26-14-18-13-23(32)25(15-24(18)35-26)36-43(39,40)20-8-10-41-11-9-20/h2-7,12-16,20,35-36H,8-11,33H2,1H3. The van der Waals surface area contributed by atoms with Crippen molar-refractivity contribution in [1.29, 1.82) is 0 Å². The Hall–Kier alpha value is -4.75. The van der Waals surface area contributed by atoms with Crippen molar-refractivity contribution in [2.24, 2.45) is 0 Å². The predicted molar refractivity (Wildman–Crippen MR) is 157 cm³/mol. The number of sulfonamides is 1. The van der Waals surface area contributed by atoms with Crippen molar-refractivity contribution < 1.29 is 31.5 Å². The van der Waals surface area contributed by atoms with Gasteiger partial charge in [0.15, 0.2) is 11.6 Å². The zero-order valence-electron chi connectivity index (χ0n) is 22.9. The summed E-state index contributed by atoms with van der Waals surface area (Å²) in [6.45, 7) is 2.43. The summed E-state index contributed by atoms with van der Waals surface area (Å²) in [4.78, 5) is 16.3. The second kappa shape index (κ2) is 11.2. The summed E-state index contributed by atoms with van der Waals surface area (Å²) in [6, 6.07) is 15.1. The Balaban J connectivity index is 1.24. The molecule has 5 aromatic rings. The molecule has 0 aliphatic carbocycles. The van der Waals surface area contributed by atoms with Crippen molar-refractivity contribution in [1.82, 2.24) is 14.8 Å². The second-order valence-electron chi connectivity index (χ2n) is 10.2. The number of halogens is 2. The highest BCUT2D eigenvalue weighted by Gasteiger charge is 2.29. The number of aromatic nitrogens is 3. The van der Waals surface area contributed by atoms with Gasteiger partial charge >= 0.3 is 0 Å². The first-order valence-corrected chi connectivity index (χ1v) is 15.0. The topological polar surface area (TPSA) is 141 Å². The molecule has 10 nitrogen and oxygen atoms in total. The van der Waals surface area contributed by atoms with Gasteiger partial charge in [-0.2, -0.15) is 5.10 Å². The van der Waals surface area contributed by atoms with Crippen LogP contribution in [0.4, 0.5) is 20.3 Å². The minimum atomic E-state index is -3.84. The zero-order chi connectivity index (χ0) is 30.3. The highest BCUT2D eigenvalue weighted by molar-refractivity contribution is 7.93. The van der Waals surface area contributed by atoms with Gasteiger partial charge in [0.1, 0.15) is 17.4 Å². The van der Waals surface area contributed by atoms with Crippen LogP contribution in [0.15, 0.2) is 66.9 Å². The SMILES string of the molecule is Cc1cc(-n2ncc(C(=O)c3cc4cc(F)c(NS(=O)(=O)C5CCOCC5)cc4[nH]3)c2N)ccc1Oc1ccccc1F. The molecule has 13 heteroatoms. The first-order valence-electron chi connectivity index (χ1n) is 13.4. The lowest BCUT2D eigenvalue weighted by atomic mass is 10.1. The largest absolute Gasteiger partial charge is 0.454 e. The molecule has 0 atom stereocenters. The number of para-hydroxylation sites is 1. The van der Waals surface area contributed by atoms with Crippen LogP contribution in [0, 0.1) is 18.6 Å². The van der Waals surface area contributed by atoms with Gasteiger partial charge in [-0.1, -0.05) is 12.1 Å². The Labute approximate surface area is 245 Å². The highest BCUT2D eigenvalue weighted by Crippen LogP contribution is 2.31. The monoisotopic (exact) mass is 607 g/mol. The summed E-state index contributed by atoms with van der Waals surface area (Å²) in [5.41, 5.74) is 7.94. The number of ketones is 1. The molecular formula is C30H27F2N5O5S. The third kappa shape index (κ3) is 5.56. The predicted octanol–water partition coefficient (Wildman–Crippen LogP) is 5.47. The van der Waals surface area contributed by atoms with E-state index in [9.17, 15) is 22.0 Å². The van der Waals surface area contributed by atoms with Crippen molar-refractivity contribution >= 4 is 38.2 Å².